The highest BCUT2D eigenvalue weighted by Gasteiger charge is 1.96. The highest BCUT2D eigenvalue weighted by molar-refractivity contribution is 9.10. The van der Waals surface area contributed by atoms with Gasteiger partial charge in [-0.15, -0.1) is 0 Å². The van der Waals surface area contributed by atoms with Gasteiger partial charge in [-0.3, -0.25) is 9.67 Å². The number of halogens is 1. The minimum atomic E-state index is 0.886. The SMILES string of the molecule is Brc1cnn(CCc2cccnc2)c1. The van der Waals surface area contributed by atoms with E-state index in [1.807, 2.05) is 23.1 Å². The van der Waals surface area contributed by atoms with Gasteiger partial charge in [0, 0.05) is 25.1 Å². The summed E-state index contributed by atoms with van der Waals surface area (Å²) < 4.78 is 2.93. The summed E-state index contributed by atoms with van der Waals surface area (Å²) in [5.74, 6) is 0. The van der Waals surface area contributed by atoms with Crippen LogP contribution in [0.3, 0.4) is 0 Å². The molecular formula is C10H10BrN3. The zero-order valence-electron chi connectivity index (χ0n) is 7.60. The third-order valence-corrected chi connectivity index (χ3v) is 2.36. The maximum atomic E-state index is 4.18. The molecule has 2 rings (SSSR count). The lowest BCUT2D eigenvalue weighted by molar-refractivity contribution is 0.614. The van der Waals surface area contributed by atoms with Gasteiger partial charge in [-0.2, -0.15) is 5.10 Å². The first kappa shape index (κ1) is 9.40. The summed E-state index contributed by atoms with van der Waals surface area (Å²) in [7, 11) is 0. The smallest absolute Gasteiger partial charge is 0.0632 e. The second kappa shape index (κ2) is 4.37. The van der Waals surface area contributed by atoms with E-state index in [2.05, 4.69) is 32.1 Å². The molecule has 0 N–H and O–H groups in total. The number of rotatable bonds is 3. The molecule has 72 valence electrons. The molecule has 2 aromatic rings. The Morgan fingerprint density at radius 3 is 2.93 bits per heavy atom. The highest BCUT2D eigenvalue weighted by Crippen LogP contribution is 2.07. The summed E-state index contributed by atoms with van der Waals surface area (Å²) in [5, 5.41) is 4.18. The van der Waals surface area contributed by atoms with E-state index in [0.717, 1.165) is 17.4 Å². The predicted molar refractivity (Wildman–Crippen MR) is 57.9 cm³/mol. The van der Waals surface area contributed by atoms with Crippen molar-refractivity contribution in [3.63, 3.8) is 0 Å². The quantitative estimate of drug-likeness (QED) is 0.839. The molecule has 0 saturated heterocycles. The van der Waals surface area contributed by atoms with Crippen molar-refractivity contribution in [2.45, 2.75) is 13.0 Å². The van der Waals surface area contributed by atoms with Crippen molar-refractivity contribution in [3.8, 4) is 0 Å². The van der Waals surface area contributed by atoms with E-state index in [-0.39, 0.29) is 0 Å². The number of aromatic nitrogens is 3. The minimum Gasteiger partial charge on any atom is -0.271 e. The molecule has 14 heavy (non-hydrogen) atoms. The largest absolute Gasteiger partial charge is 0.271 e. The molecule has 2 heterocycles. The first-order valence-electron chi connectivity index (χ1n) is 4.41. The summed E-state index contributed by atoms with van der Waals surface area (Å²) in [6, 6.07) is 4.03. The molecule has 0 unspecified atom stereocenters. The van der Waals surface area contributed by atoms with Gasteiger partial charge in [0.05, 0.1) is 10.7 Å². The van der Waals surface area contributed by atoms with E-state index in [0.29, 0.717) is 0 Å². The molecule has 4 heteroatoms. The van der Waals surface area contributed by atoms with Crippen molar-refractivity contribution in [2.24, 2.45) is 0 Å². The number of hydrogen-bond acceptors (Lipinski definition) is 2. The molecule has 0 fully saturated rings. The monoisotopic (exact) mass is 251 g/mol. The molecule has 3 nitrogen and oxygen atoms in total. The minimum absolute atomic E-state index is 0.886. The van der Waals surface area contributed by atoms with Crippen molar-refractivity contribution in [1.82, 2.24) is 14.8 Å². The molecule has 0 aliphatic rings. The van der Waals surface area contributed by atoms with Crippen molar-refractivity contribution in [3.05, 3.63) is 47.0 Å². The molecule has 0 aliphatic carbocycles. The Balaban J connectivity index is 1.95. The molecule has 0 saturated carbocycles. The fourth-order valence-electron chi connectivity index (χ4n) is 1.25. The van der Waals surface area contributed by atoms with E-state index in [9.17, 15) is 0 Å². The Kier molecular flexibility index (Phi) is 2.93. The van der Waals surface area contributed by atoms with Crippen LogP contribution in [0.25, 0.3) is 0 Å². The fraction of sp³-hybridized carbons (Fsp3) is 0.200. The number of nitrogens with zero attached hydrogens (tertiary/aromatic N) is 3. The van der Waals surface area contributed by atoms with E-state index < -0.39 is 0 Å². The van der Waals surface area contributed by atoms with E-state index in [1.54, 1.807) is 12.4 Å². The third kappa shape index (κ3) is 2.42. The summed E-state index contributed by atoms with van der Waals surface area (Å²) in [6.07, 6.45) is 8.40. The van der Waals surface area contributed by atoms with Gasteiger partial charge in [-0.1, -0.05) is 6.07 Å². The third-order valence-electron chi connectivity index (χ3n) is 1.95. The number of hydrogen-bond donors (Lipinski definition) is 0. The van der Waals surface area contributed by atoms with Gasteiger partial charge in [0.15, 0.2) is 0 Å². The van der Waals surface area contributed by atoms with Crippen molar-refractivity contribution < 1.29 is 0 Å². The van der Waals surface area contributed by atoms with Gasteiger partial charge in [0.1, 0.15) is 0 Å². The fourth-order valence-corrected chi connectivity index (χ4v) is 1.58. The standard InChI is InChI=1S/C10H10BrN3/c11-10-7-13-14(8-10)5-3-9-2-1-4-12-6-9/h1-2,4,6-8H,3,5H2. The van der Waals surface area contributed by atoms with Gasteiger partial charge in [0.2, 0.25) is 0 Å². The zero-order valence-corrected chi connectivity index (χ0v) is 9.18. The highest BCUT2D eigenvalue weighted by atomic mass is 79.9. The summed E-state index contributed by atoms with van der Waals surface area (Å²) in [5.41, 5.74) is 1.24. The lowest BCUT2D eigenvalue weighted by Crippen LogP contribution is -2.01. The molecule has 0 atom stereocenters. The van der Waals surface area contributed by atoms with E-state index in [4.69, 9.17) is 0 Å². The summed E-state index contributed by atoms with van der Waals surface area (Å²) in [4.78, 5) is 4.06. The Hall–Kier alpha value is -1.16. The molecule has 0 amide bonds. The Morgan fingerprint density at radius 1 is 1.36 bits per heavy atom. The van der Waals surface area contributed by atoms with Crippen LogP contribution in [0.4, 0.5) is 0 Å². The van der Waals surface area contributed by atoms with E-state index in [1.165, 1.54) is 5.56 Å². The van der Waals surface area contributed by atoms with Crippen molar-refractivity contribution in [1.29, 1.82) is 0 Å². The van der Waals surface area contributed by atoms with Gasteiger partial charge >= 0.3 is 0 Å². The second-order valence-corrected chi connectivity index (χ2v) is 3.95. The first-order valence-corrected chi connectivity index (χ1v) is 5.21. The van der Waals surface area contributed by atoms with Crippen LogP contribution in [0.2, 0.25) is 0 Å². The molecule has 0 spiro atoms. The Morgan fingerprint density at radius 2 is 2.29 bits per heavy atom. The molecular weight excluding hydrogens is 242 g/mol. The molecule has 0 aliphatic heterocycles. The Labute approximate surface area is 90.9 Å². The summed E-state index contributed by atoms with van der Waals surface area (Å²) >= 11 is 3.36. The van der Waals surface area contributed by atoms with Crippen molar-refractivity contribution >= 4 is 15.9 Å². The maximum Gasteiger partial charge on any atom is 0.0632 e. The van der Waals surface area contributed by atoms with Crippen LogP contribution in [0, 0.1) is 0 Å². The van der Waals surface area contributed by atoms with Gasteiger partial charge in [0.25, 0.3) is 0 Å². The van der Waals surface area contributed by atoms with Crippen LogP contribution >= 0.6 is 15.9 Å². The van der Waals surface area contributed by atoms with Crippen LogP contribution in [0.1, 0.15) is 5.56 Å². The number of pyridine rings is 1. The van der Waals surface area contributed by atoms with Gasteiger partial charge in [-0.05, 0) is 34.0 Å². The molecule has 0 bridgehead atoms. The average Bonchev–Trinajstić information content (AvgIpc) is 2.63. The van der Waals surface area contributed by atoms with Crippen LogP contribution in [0.15, 0.2) is 41.4 Å². The lowest BCUT2D eigenvalue weighted by Gasteiger charge is -2.00. The average molecular weight is 252 g/mol. The van der Waals surface area contributed by atoms with Crippen LogP contribution in [-0.4, -0.2) is 14.8 Å². The number of aryl methyl sites for hydroxylation is 2. The zero-order chi connectivity index (χ0) is 9.80. The van der Waals surface area contributed by atoms with E-state index >= 15 is 0 Å². The lowest BCUT2D eigenvalue weighted by atomic mass is 10.2. The molecule has 0 radical (unpaired) electrons. The summed E-state index contributed by atoms with van der Waals surface area (Å²) in [6.45, 7) is 0.886. The van der Waals surface area contributed by atoms with Crippen molar-refractivity contribution in [2.75, 3.05) is 0 Å². The van der Waals surface area contributed by atoms with Crippen LogP contribution < -0.4 is 0 Å². The normalized spacial score (nSPS) is 10.4. The first-order chi connectivity index (χ1) is 6.84. The maximum absolute atomic E-state index is 4.18. The molecule has 2 aromatic heterocycles. The topological polar surface area (TPSA) is 30.7 Å². The Bertz CT molecular complexity index is 397. The molecule has 0 aromatic carbocycles. The van der Waals surface area contributed by atoms with Gasteiger partial charge < -0.3 is 0 Å². The predicted octanol–water partition coefficient (Wildman–Crippen LogP) is 2.28. The second-order valence-electron chi connectivity index (χ2n) is 3.03. The van der Waals surface area contributed by atoms with Crippen LogP contribution in [0.5, 0.6) is 0 Å². The van der Waals surface area contributed by atoms with Crippen LogP contribution in [-0.2, 0) is 13.0 Å². The van der Waals surface area contributed by atoms with Gasteiger partial charge in [-0.25, -0.2) is 0 Å².